The first-order valence-corrected chi connectivity index (χ1v) is 48.0. The monoisotopic (exact) mass is 2590 g/mol. The average Bonchev–Trinajstić information content (AvgIpc) is 0.840. The summed E-state index contributed by atoms with van der Waals surface area (Å²) in [5.74, 6) is 2.65. The van der Waals surface area contributed by atoms with Gasteiger partial charge < -0.3 is 39.9 Å². The molecule has 12 heteroatoms. The Morgan fingerprint density at radius 1 is 0.174 bits per heavy atom. The van der Waals surface area contributed by atoms with Crippen molar-refractivity contribution in [1.29, 1.82) is 0 Å². The molecule has 0 fully saturated rings. The zero-order valence-corrected chi connectivity index (χ0v) is 93.2. The Balaban J connectivity index is 0.000000184. The zero-order valence-electron chi connectivity index (χ0n) is 83.6. The fourth-order valence-corrected chi connectivity index (χ4v) is 15.3. The summed E-state index contributed by atoms with van der Waals surface area (Å²) in [6.07, 6.45) is 19.5. The predicted molar refractivity (Wildman–Crippen MR) is 583 cm³/mol. The summed E-state index contributed by atoms with van der Waals surface area (Å²) in [6, 6.07) is 157. The van der Waals surface area contributed by atoms with E-state index in [9.17, 15) is 0 Å². The van der Waals surface area contributed by atoms with E-state index in [4.69, 9.17) is 0 Å². The average molecular weight is 2590 g/mol. The van der Waals surface area contributed by atoms with Gasteiger partial charge in [-0.3, -0.25) is 0 Å². The van der Waals surface area contributed by atoms with Gasteiger partial charge in [0.2, 0.25) is 0 Å². The number of rotatable bonds is 20. The van der Waals surface area contributed by atoms with Crippen molar-refractivity contribution in [3.05, 3.63) is 531 Å². The van der Waals surface area contributed by atoms with Crippen LogP contribution in [0.4, 0.5) is 0 Å². The van der Waals surface area contributed by atoms with Crippen LogP contribution in [0.15, 0.2) is 438 Å². The molecule has 0 N–H and O–H groups in total. The summed E-state index contributed by atoms with van der Waals surface area (Å²) in [5, 5.41) is 0. The molecule has 20 aromatic rings. The molecule has 0 bridgehead atoms. The summed E-state index contributed by atoms with van der Waals surface area (Å²) in [7, 11) is 0. The van der Waals surface area contributed by atoms with Gasteiger partial charge in [0.1, 0.15) is 0 Å². The van der Waals surface area contributed by atoms with Crippen LogP contribution in [0, 0.1) is 99.9 Å². The van der Waals surface area contributed by atoms with E-state index < -0.39 is 0 Å². The van der Waals surface area contributed by atoms with Crippen LogP contribution in [0.3, 0.4) is 0 Å². The molecule has 8 aromatic heterocycles. The molecular weight excluding hydrogens is 2470 g/mol. The number of aryl methyl sites for hydroxylation is 4. The van der Waals surface area contributed by atoms with E-state index >= 15 is 0 Å². The second kappa shape index (κ2) is 61.4. The maximum absolute atomic E-state index is 4.61. The first kappa shape index (κ1) is 114. The van der Waals surface area contributed by atoms with Crippen LogP contribution >= 0.6 is 0 Å². The van der Waals surface area contributed by atoms with Crippen molar-refractivity contribution in [3.8, 4) is 135 Å². The second-order valence-corrected chi connectivity index (χ2v) is 36.0. The standard InChI is InChI=1S/2C21H20N.2C18H14N.2C15H16N.2C12H10N.4Ir/c1-16(2)13-17-11-12-21(22-15-17)20-10-6-9-19(14-20)18-7-4-3-5-8-18;1-16(2)13-17-11-12-22-21(14-17)20-10-6-9-19(15-20)18-7-4-3-5-8-18;1-14-10-11-18(19-13-14)17-9-5-8-16(12-17)15-6-3-2-4-7-15;1-14-10-11-19-18(12-14)17-9-5-8-16(13-17)15-6-3-2-4-7-15;1-12(2)10-13-8-9-16-15(11-13)14-6-4-3-5-7-14;1-12(2)10-13-8-9-15(16-11-13)14-6-4-3-5-7-14;1-10-7-8-13-12(9-10)11-5-3-2-4-6-11;1-10-7-8-12(13-9-10)11-5-3-2-4-6-11;;;;/h2*3-9,11-12,14-16H,13H2,1-2H3;2*2-8,10-13H,1H3;2*3-6,8-9,11-12H,10H2,1-2H3;2*2-5,7-9H,1H3;;;;/q8*-1;;;;. The van der Waals surface area contributed by atoms with E-state index in [0.29, 0.717) is 23.7 Å². The number of pyridine rings is 8. The molecular formula is C132H120Ir4N8-8. The minimum Gasteiger partial charge on any atom is -0.305 e. The van der Waals surface area contributed by atoms with Crippen molar-refractivity contribution in [1.82, 2.24) is 39.9 Å². The topological polar surface area (TPSA) is 103 Å². The molecule has 0 aliphatic heterocycles. The molecule has 8 nitrogen and oxygen atoms in total. The van der Waals surface area contributed by atoms with Crippen LogP contribution in [0.1, 0.15) is 99.9 Å². The van der Waals surface area contributed by atoms with Gasteiger partial charge in [-0.05, 0) is 191 Å². The summed E-state index contributed by atoms with van der Waals surface area (Å²) >= 11 is 0. The van der Waals surface area contributed by atoms with Gasteiger partial charge in [-0.2, -0.15) is 0 Å². The van der Waals surface area contributed by atoms with Gasteiger partial charge in [-0.15, -0.1) is 285 Å². The van der Waals surface area contributed by atoms with E-state index in [1.807, 2.05) is 233 Å². The third-order valence-corrected chi connectivity index (χ3v) is 22.2. The first-order valence-electron chi connectivity index (χ1n) is 48.0. The van der Waals surface area contributed by atoms with Crippen LogP contribution in [0.5, 0.6) is 0 Å². The van der Waals surface area contributed by atoms with E-state index in [0.717, 1.165) is 116 Å². The van der Waals surface area contributed by atoms with Crippen molar-refractivity contribution in [2.45, 2.75) is 109 Å². The minimum absolute atomic E-state index is 0. The molecule has 0 saturated heterocycles. The van der Waals surface area contributed by atoms with E-state index in [1.165, 1.54) is 89.0 Å². The minimum atomic E-state index is 0. The van der Waals surface area contributed by atoms with Crippen molar-refractivity contribution < 1.29 is 80.4 Å². The molecule has 0 atom stereocenters. The molecule has 0 aliphatic carbocycles. The quantitative estimate of drug-likeness (QED) is 0.0695. The second-order valence-electron chi connectivity index (χ2n) is 36.0. The third-order valence-electron chi connectivity index (χ3n) is 22.2. The molecule has 8 heterocycles. The maximum atomic E-state index is 4.61. The number of aromatic nitrogens is 8. The Morgan fingerprint density at radius 3 is 0.674 bits per heavy atom. The molecule has 0 amide bonds. The Bertz CT molecular complexity index is 7030. The largest absolute Gasteiger partial charge is 0.305 e. The summed E-state index contributed by atoms with van der Waals surface area (Å²) in [4.78, 5) is 35.4. The molecule has 732 valence electrons. The van der Waals surface area contributed by atoms with Crippen LogP contribution < -0.4 is 0 Å². The van der Waals surface area contributed by atoms with E-state index in [1.54, 1.807) is 0 Å². The van der Waals surface area contributed by atoms with Crippen molar-refractivity contribution in [3.63, 3.8) is 0 Å². The van der Waals surface area contributed by atoms with Crippen LogP contribution in [0.2, 0.25) is 0 Å². The summed E-state index contributed by atoms with van der Waals surface area (Å²) in [5.41, 5.74) is 35.9. The molecule has 0 spiro atoms. The normalized spacial score (nSPS) is 10.2. The van der Waals surface area contributed by atoms with E-state index in [2.05, 4.69) is 376 Å². The van der Waals surface area contributed by atoms with Gasteiger partial charge in [0.05, 0.1) is 0 Å². The molecule has 0 unspecified atom stereocenters. The van der Waals surface area contributed by atoms with Crippen LogP contribution in [-0.2, 0) is 106 Å². The van der Waals surface area contributed by atoms with Gasteiger partial charge in [0, 0.05) is 130 Å². The Hall–Kier alpha value is -13.6. The Kier molecular flexibility index (Phi) is 48.6. The fraction of sp³-hybridized carbons (Fsp3) is 0.152. The summed E-state index contributed by atoms with van der Waals surface area (Å²) in [6.45, 7) is 26.1. The predicted octanol–water partition coefficient (Wildman–Crippen LogP) is 33.1. The number of benzene rings is 12. The van der Waals surface area contributed by atoms with Crippen molar-refractivity contribution >= 4 is 0 Å². The number of hydrogen-bond donors (Lipinski definition) is 0. The smallest absolute Gasteiger partial charge is 0.0192 e. The van der Waals surface area contributed by atoms with Gasteiger partial charge in [0.15, 0.2) is 0 Å². The molecule has 144 heavy (non-hydrogen) atoms. The molecule has 20 rings (SSSR count). The van der Waals surface area contributed by atoms with Gasteiger partial charge in [0.25, 0.3) is 0 Å². The summed E-state index contributed by atoms with van der Waals surface area (Å²) < 4.78 is 0. The molecule has 4 radical (unpaired) electrons. The zero-order chi connectivity index (χ0) is 97.8. The molecule has 12 aromatic carbocycles. The van der Waals surface area contributed by atoms with Crippen molar-refractivity contribution in [2.24, 2.45) is 23.7 Å². The first-order chi connectivity index (χ1) is 68.3. The van der Waals surface area contributed by atoms with Crippen molar-refractivity contribution in [2.75, 3.05) is 0 Å². The molecule has 0 saturated carbocycles. The Labute approximate surface area is 910 Å². The maximum Gasteiger partial charge on any atom is 0.0192 e. The Morgan fingerprint density at radius 2 is 0.410 bits per heavy atom. The van der Waals surface area contributed by atoms with Gasteiger partial charge >= 0.3 is 0 Å². The SMILES string of the molecule is CC(C)Cc1ccc(-c2[c-]ccc(-c3ccccc3)c2)nc1.CC(C)Cc1ccc(-c2[c-]cccc2)nc1.CC(C)Cc1ccnc(-c2[c-]ccc(-c3ccccc3)c2)c1.CC(C)Cc1ccnc(-c2[c-]cccc2)c1.Cc1ccc(-c2[c-]ccc(-c3ccccc3)c2)nc1.Cc1ccc(-c2[c-]cccc2)nc1.Cc1ccnc(-c2[c-]ccc(-c3ccccc3)c2)c1.Cc1ccnc(-c2[c-]cccc2)c1.[Ir].[Ir].[Ir].[Ir]. The van der Waals surface area contributed by atoms with Crippen LogP contribution in [-0.4, -0.2) is 39.9 Å². The molecule has 0 aliphatic rings. The fourth-order valence-electron chi connectivity index (χ4n) is 15.3. The van der Waals surface area contributed by atoms with Gasteiger partial charge in [-0.1, -0.05) is 272 Å². The third kappa shape index (κ3) is 38.0. The van der Waals surface area contributed by atoms with E-state index in [-0.39, 0.29) is 80.4 Å². The number of hydrogen-bond acceptors (Lipinski definition) is 8. The number of nitrogens with zero attached hydrogens (tertiary/aromatic N) is 8. The van der Waals surface area contributed by atoms with Crippen LogP contribution in [0.25, 0.3) is 135 Å². The van der Waals surface area contributed by atoms with Gasteiger partial charge in [-0.25, -0.2) is 0 Å².